The van der Waals surface area contributed by atoms with Crippen molar-refractivity contribution in [3.05, 3.63) is 51.1 Å². The second kappa shape index (κ2) is 7.67. The predicted molar refractivity (Wildman–Crippen MR) is 110 cm³/mol. The van der Waals surface area contributed by atoms with Gasteiger partial charge in [0.05, 0.1) is 21.9 Å². The van der Waals surface area contributed by atoms with E-state index in [9.17, 15) is 23.3 Å². The van der Waals surface area contributed by atoms with Crippen molar-refractivity contribution in [1.82, 2.24) is 4.98 Å². The molecule has 2 aromatic rings. The van der Waals surface area contributed by atoms with Gasteiger partial charge in [-0.15, -0.1) is 0 Å². The van der Waals surface area contributed by atoms with Crippen LogP contribution in [0.1, 0.15) is 13.8 Å². The van der Waals surface area contributed by atoms with Crippen molar-refractivity contribution >= 4 is 61.1 Å². The van der Waals surface area contributed by atoms with E-state index in [2.05, 4.69) is 10.3 Å². The summed E-state index contributed by atoms with van der Waals surface area (Å²) in [5, 5.41) is 13.5. The van der Waals surface area contributed by atoms with Gasteiger partial charge in [0.25, 0.3) is 5.69 Å². The second-order valence-electron chi connectivity index (χ2n) is 7.01. The second-order valence-corrected chi connectivity index (χ2v) is 11.2. The molecule has 1 aliphatic carbocycles. The number of sulfone groups is 1. The number of nitrogens with zero attached hydrogens (tertiary/aromatic N) is 2. The van der Waals surface area contributed by atoms with Crippen LogP contribution in [0.5, 0.6) is 0 Å². The van der Waals surface area contributed by atoms with Gasteiger partial charge in [0, 0.05) is 12.1 Å². The number of hydrogen-bond donors (Lipinski definition) is 1. The van der Waals surface area contributed by atoms with E-state index in [4.69, 9.17) is 23.2 Å². The van der Waals surface area contributed by atoms with Crippen LogP contribution in [0.4, 0.5) is 10.8 Å². The van der Waals surface area contributed by atoms with E-state index < -0.39 is 14.8 Å². The third-order valence-electron chi connectivity index (χ3n) is 4.84. The van der Waals surface area contributed by atoms with Gasteiger partial charge in [-0.05, 0) is 29.5 Å². The van der Waals surface area contributed by atoms with Gasteiger partial charge in [-0.3, -0.25) is 14.9 Å². The fraction of sp³-hybridized carbons (Fsp3) is 0.294. The van der Waals surface area contributed by atoms with Crippen LogP contribution in [0.3, 0.4) is 0 Å². The molecule has 1 aromatic carbocycles. The minimum Gasteiger partial charge on any atom is -0.302 e. The van der Waals surface area contributed by atoms with Crippen LogP contribution < -0.4 is 5.32 Å². The van der Waals surface area contributed by atoms with Crippen molar-refractivity contribution in [2.24, 2.45) is 17.3 Å². The molecule has 1 N–H and O–H groups in total. The minimum absolute atomic E-state index is 0.0861. The van der Waals surface area contributed by atoms with E-state index in [1.165, 1.54) is 0 Å². The van der Waals surface area contributed by atoms with Crippen LogP contribution >= 0.6 is 34.5 Å². The summed E-state index contributed by atoms with van der Waals surface area (Å²) in [7, 11) is -3.91. The van der Waals surface area contributed by atoms with E-state index in [1.807, 2.05) is 13.8 Å². The number of nitro benzene ring substituents is 1. The summed E-state index contributed by atoms with van der Waals surface area (Å²) in [6.45, 7) is 3.81. The molecule has 1 heterocycles. The lowest BCUT2D eigenvalue weighted by atomic mass is 10.1. The van der Waals surface area contributed by atoms with E-state index in [1.54, 1.807) is 6.08 Å². The zero-order valence-electron chi connectivity index (χ0n) is 15.1. The first-order valence-electron chi connectivity index (χ1n) is 8.23. The number of nitro groups is 1. The summed E-state index contributed by atoms with van der Waals surface area (Å²) in [5.74, 6) is -0.802. The highest BCUT2D eigenvalue weighted by Crippen LogP contribution is 2.60. The fourth-order valence-electron chi connectivity index (χ4n) is 3.11. The molecule has 2 atom stereocenters. The molecule has 0 radical (unpaired) electrons. The Morgan fingerprint density at radius 1 is 1.31 bits per heavy atom. The number of halogens is 2. The van der Waals surface area contributed by atoms with Crippen molar-refractivity contribution < 1.29 is 18.1 Å². The molecule has 0 aliphatic heterocycles. The number of anilines is 1. The van der Waals surface area contributed by atoms with Gasteiger partial charge in [0.2, 0.25) is 15.7 Å². The Balaban J connectivity index is 1.76. The third-order valence-corrected chi connectivity index (χ3v) is 8.23. The monoisotopic (exact) mass is 475 g/mol. The van der Waals surface area contributed by atoms with E-state index in [0.29, 0.717) is 0 Å². The molecule has 0 saturated heterocycles. The number of nitrogens with one attached hydrogen (secondary N) is 1. The number of amides is 1. The molecule has 1 aliphatic rings. The van der Waals surface area contributed by atoms with Gasteiger partial charge in [0.1, 0.15) is 8.70 Å². The number of carbonyl (C=O) groups is 1. The molecule has 1 amide bonds. The molecular formula is C17H15Cl2N3O5S2. The zero-order chi connectivity index (χ0) is 21.6. The maximum Gasteiger partial charge on any atom is 0.269 e. The number of thiazole rings is 1. The summed E-state index contributed by atoms with van der Waals surface area (Å²) >= 11 is 12.2. The molecule has 2 unspecified atom stereocenters. The van der Waals surface area contributed by atoms with Crippen LogP contribution in [0.2, 0.25) is 0 Å². The number of allylic oxidation sites excluding steroid dienone is 1. The van der Waals surface area contributed by atoms with Crippen LogP contribution in [0.25, 0.3) is 0 Å². The van der Waals surface area contributed by atoms with Gasteiger partial charge in [0.15, 0.2) is 5.13 Å². The highest BCUT2D eigenvalue weighted by Gasteiger charge is 2.60. The van der Waals surface area contributed by atoms with E-state index in [-0.39, 0.29) is 47.6 Å². The lowest BCUT2D eigenvalue weighted by Gasteiger charge is -2.03. The molecule has 12 heteroatoms. The number of rotatable bonds is 6. The van der Waals surface area contributed by atoms with E-state index >= 15 is 0 Å². The summed E-state index contributed by atoms with van der Waals surface area (Å²) in [6, 6.07) is 4.54. The van der Waals surface area contributed by atoms with Crippen LogP contribution in [0.15, 0.2) is 50.1 Å². The molecule has 3 rings (SSSR count). The van der Waals surface area contributed by atoms with Crippen LogP contribution in [-0.4, -0.2) is 24.2 Å². The predicted octanol–water partition coefficient (Wildman–Crippen LogP) is 4.41. The number of non-ortho nitro benzene ring substituents is 1. The standard InChI is InChI=1S/C17H15Cl2N3O5S2/c1-17(2)11(7-12(18)19)14(17)15(23)21-16-20-8-13(28-16)29(26,27)10-5-3-9(4-6-10)22(24)25/h3-8,11,14H,1-2H3,(H,20,21,23). The lowest BCUT2D eigenvalue weighted by molar-refractivity contribution is -0.384. The molecule has 0 spiro atoms. The Morgan fingerprint density at radius 3 is 2.48 bits per heavy atom. The Morgan fingerprint density at radius 2 is 1.93 bits per heavy atom. The SMILES string of the molecule is CC1(C)C(C=C(Cl)Cl)C1C(=O)Nc1ncc(S(=O)(=O)c2ccc([N+](=O)[O-])cc2)s1. The first-order chi connectivity index (χ1) is 13.4. The summed E-state index contributed by atoms with van der Waals surface area (Å²) in [5.41, 5.74) is -0.543. The van der Waals surface area contributed by atoms with E-state index in [0.717, 1.165) is 41.8 Å². The van der Waals surface area contributed by atoms with Gasteiger partial charge in [-0.25, -0.2) is 13.4 Å². The Hall–Kier alpha value is -2.01. The molecule has 1 fully saturated rings. The average molecular weight is 476 g/mol. The summed E-state index contributed by atoms with van der Waals surface area (Å²) < 4.78 is 25.4. The van der Waals surface area contributed by atoms with Crippen molar-refractivity contribution in [2.75, 3.05) is 5.32 Å². The normalized spacial score (nSPS) is 20.0. The molecular weight excluding hydrogens is 461 g/mol. The molecule has 29 heavy (non-hydrogen) atoms. The highest BCUT2D eigenvalue weighted by atomic mass is 35.5. The van der Waals surface area contributed by atoms with Gasteiger partial charge >= 0.3 is 0 Å². The van der Waals surface area contributed by atoms with Gasteiger partial charge < -0.3 is 5.32 Å². The van der Waals surface area contributed by atoms with Crippen molar-refractivity contribution in [1.29, 1.82) is 0 Å². The first-order valence-corrected chi connectivity index (χ1v) is 11.3. The molecule has 1 saturated carbocycles. The van der Waals surface area contributed by atoms with Gasteiger partial charge in [-0.1, -0.05) is 48.4 Å². The fourth-order valence-corrected chi connectivity index (χ4v) is 5.82. The Labute approximate surface area is 180 Å². The third kappa shape index (κ3) is 4.30. The quantitative estimate of drug-likeness (QED) is 0.487. The number of aromatic nitrogens is 1. The average Bonchev–Trinajstić information content (AvgIpc) is 2.95. The number of hydrogen-bond acceptors (Lipinski definition) is 7. The van der Waals surface area contributed by atoms with Gasteiger partial charge in [-0.2, -0.15) is 0 Å². The van der Waals surface area contributed by atoms with Crippen LogP contribution in [-0.2, 0) is 14.6 Å². The largest absolute Gasteiger partial charge is 0.302 e. The lowest BCUT2D eigenvalue weighted by Crippen LogP contribution is -2.16. The maximum atomic E-state index is 12.7. The highest BCUT2D eigenvalue weighted by molar-refractivity contribution is 7.93. The van der Waals surface area contributed by atoms with Crippen molar-refractivity contribution in [2.45, 2.75) is 23.0 Å². The smallest absolute Gasteiger partial charge is 0.269 e. The zero-order valence-corrected chi connectivity index (χ0v) is 18.3. The molecule has 154 valence electrons. The number of benzene rings is 1. The van der Waals surface area contributed by atoms with Crippen molar-refractivity contribution in [3.63, 3.8) is 0 Å². The Kier molecular flexibility index (Phi) is 5.74. The topological polar surface area (TPSA) is 119 Å². The molecule has 1 aromatic heterocycles. The molecule has 8 nitrogen and oxygen atoms in total. The Bertz CT molecular complexity index is 1110. The maximum absolute atomic E-state index is 12.7. The number of carbonyl (C=O) groups excluding carboxylic acids is 1. The summed E-state index contributed by atoms with van der Waals surface area (Å²) in [4.78, 5) is 26.5. The van der Waals surface area contributed by atoms with Crippen molar-refractivity contribution in [3.8, 4) is 0 Å². The van der Waals surface area contributed by atoms with Crippen LogP contribution in [0, 0.1) is 27.4 Å². The molecule has 0 bridgehead atoms. The summed E-state index contributed by atoms with van der Waals surface area (Å²) in [6.07, 6.45) is 2.75. The first kappa shape index (κ1) is 21.7. The minimum atomic E-state index is -3.91.